The number of rotatable bonds is 7. The Kier molecular flexibility index (Phi) is 5.70. The number of carbonyl (C=O) groups excluding carboxylic acids is 1. The van der Waals surface area contributed by atoms with Gasteiger partial charge in [-0.05, 0) is 19.2 Å². The van der Waals surface area contributed by atoms with Gasteiger partial charge in [-0.25, -0.2) is 0 Å². The van der Waals surface area contributed by atoms with Gasteiger partial charge in [0.05, 0.1) is 18.8 Å². The summed E-state index contributed by atoms with van der Waals surface area (Å²) in [6.07, 6.45) is 1.75. The summed E-state index contributed by atoms with van der Waals surface area (Å²) in [5, 5.41) is 3.97. The molecule has 2 aromatic heterocycles. The summed E-state index contributed by atoms with van der Waals surface area (Å²) in [5.74, 6) is 0.906. The van der Waals surface area contributed by atoms with Gasteiger partial charge in [-0.15, -0.1) is 0 Å². The number of amides is 1. The van der Waals surface area contributed by atoms with Crippen LogP contribution in [0.2, 0.25) is 0 Å². The maximum atomic E-state index is 12.4. The molecule has 0 atom stereocenters. The minimum atomic E-state index is -0.0251. The average molecular weight is 351 g/mol. The Labute approximate surface area is 152 Å². The molecule has 0 aliphatic heterocycles. The van der Waals surface area contributed by atoms with Gasteiger partial charge in [0, 0.05) is 25.4 Å². The second-order valence-corrected chi connectivity index (χ2v) is 6.12. The van der Waals surface area contributed by atoms with Gasteiger partial charge in [0.15, 0.2) is 0 Å². The molecule has 0 unspecified atom stereocenters. The van der Waals surface area contributed by atoms with E-state index in [1.807, 2.05) is 60.5 Å². The van der Waals surface area contributed by atoms with E-state index in [1.165, 1.54) is 0 Å². The van der Waals surface area contributed by atoms with E-state index in [2.05, 4.69) is 15.1 Å². The van der Waals surface area contributed by atoms with Crippen LogP contribution in [0.4, 0.5) is 0 Å². The van der Waals surface area contributed by atoms with Crippen molar-refractivity contribution in [3.05, 3.63) is 66.3 Å². The van der Waals surface area contributed by atoms with Crippen LogP contribution in [0, 0.1) is 0 Å². The molecule has 1 aromatic carbocycles. The predicted molar refractivity (Wildman–Crippen MR) is 96.8 cm³/mol. The molecule has 7 heteroatoms. The van der Waals surface area contributed by atoms with Crippen LogP contribution >= 0.6 is 0 Å². The predicted octanol–water partition coefficient (Wildman–Crippen LogP) is 2.22. The van der Waals surface area contributed by atoms with Crippen molar-refractivity contribution in [1.29, 1.82) is 0 Å². The van der Waals surface area contributed by atoms with Crippen LogP contribution < -0.4 is 0 Å². The molecule has 1 amide bonds. The van der Waals surface area contributed by atoms with Gasteiger partial charge in [-0.2, -0.15) is 4.98 Å². The summed E-state index contributed by atoms with van der Waals surface area (Å²) in [7, 11) is 3.62. The zero-order valence-electron chi connectivity index (χ0n) is 14.9. The fraction of sp³-hybridized carbons (Fsp3) is 0.263. The molecule has 0 N–H and O–H groups in total. The number of benzene rings is 1. The summed E-state index contributed by atoms with van der Waals surface area (Å²) in [5.41, 5.74) is 1.81. The van der Waals surface area contributed by atoms with E-state index in [0.717, 1.165) is 11.3 Å². The van der Waals surface area contributed by atoms with Crippen molar-refractivity contribution >= 4 is 5.91 Å². The Hall–Kier alpha value is -3.06. The highest BCUT2D eigenvalue weighted by Crippen LogP contribution is 2.15. The first kappa shape index (κ1) is 17.8. The van der Waals surface area contributed by atoms with E-state index in [0.29, 0.717) is 18.3 Å². The first-order valence-electron chi connectivity index (χ1n) is 8.32. The normalized spacial score (nSPS) is 10.9. The second-order valence-electron chi connectivity index (χ2n) is 6.12. The van der Waals surface area contributed by atoms with Gasteiger partial charge in [0.1, 0.15) is 0 Å². The molecule has 0 saturated carbocycles. The Morgan fingerprint density at radius 3 is 2.54 bits per heavy atom. The van der Waals surface area contributed by atoms with Crippen molar-refractivity contribution in [1.82, 2.24) is 24.9 Å². The first-order valence-corrected chi connectivity index (χ1v) is 8.32. The number of aromatic nitrogens is 3. The highest BCUT2D eigenvalue weighted by molar-refractivity contribution is 5.77. The lowest BCUT2D eigenvalue weighted by molar-refractivity contribution is -0.131. The molecule has 0 aliphatic carbocycles. The number of pyridine rings is 1. The maximum absolute atomic E-state index is 12.4. The van der Waals surface area contributed by atoms with Crippen LogP contribution in [0.5, 0.6) is 0 Å². The minimum Gasteiger partial charge on any atom is -0.337 e. The number of carbonyl (C=O) groups is 1. The molecule has 3 rings (SSSR count). The summed E-state index contributed by atoms with van der Waals surface area (Å²) in [4.78, 5) is 24.5. The van der Waals surface area contributed by atoms with Crippen molar-refractivity contribution < 1.29 is 9.32 Å². The fourth-order valence-electron chi connectivity index (χ4n) is 2.49. The third-order valence-electron chi connectivity index (χ3n) is 3.86. The summed E-state index contributed by atoms with van der Waals surface area (Å²) in [6.45, 7) is 1.17. The number of hydrogen-bond donors (Lipinski definition) is 0. The third-order valence-corrected chi connectivity index (χ3v) is 3.86. The fourth-order valence-corrected chi connectivity index (χ4v) is 2.49. The largest absolute Gasteiger partial charge is 0.337 e. The van der Waals surface area contributed by atoms with Crippen LogP contribution in [-0.2, 0) is 17.9 Å². The number of likely N-dealkylation sites (N-methyl/N-ethyl adjacent to an activating group) is 2. The molecule has 134 valence electrons. The molecule has 0 saturated heterocycles. The zero-order chi connectivity index (χ0) is 18.4. The van der Waals surface area contributed by atoms with E-state index in [9.17, 15) is 4.79 Å². The van der Waals surface area contributed by atoms with Crippen molar-refractivity contribution in [3.8, 4) is 11.4 Å². The average Bonchev–Trinajstić information content (AvgIpc) is 3.11. The molecular weight excluding hydrogens is 330 g/mol. The van der Waals surface area contributed by atoms with Gasteiger partial charge < -0.3 is 9.42 Å². The minimum absolute atomic E-state index is 0.0251. The van der Waals surface area contributed by atoms with Crippen molar-refractivity contribution in [2.24, 2.45) is 0 Å². The van der Waals surface area contributed by atoms with Crippen LogP contribution in [-0.4, -0.2) is 51.5 Å². The topological polar surface area (TPSA) is 75.4 Å². The lowest BCUT2D eigenvalue weighted by Gasteiger charge is -2.20. The van der Waals surface area contributed by atoms with Crippen molar-refractivity contribution in [3.63, 3.8) is 0 Å². The highest BCUT2D eigenvalue weighted by Gasteiger charge is 2.16. The standard InChI is InChI=1S/C19H21N5O2/c1-23(12-16-10-6-7-11-20-16)14-18(25)24(2)13-17-21-19(22-26-17)15-8-4-3-5-9-15/h3-11H,12-14H2,1-2H3. The van der Waals surface area contributed by atoms with Gasteiger partial charge in [0.2, 0.25) is 17.6 Å². The lowest BCUT2D eigenvalue weighted by Crippen LogP contribution is -2.36. The van der Waals surface area contributed by atoms with Crippen LogP contribution in [0.3, 0.4) is 0 Å². The summed E-state index contributed by atoms with van der Waals surface area (Å²) >= 11 is 0. The Morgan fingerprint density at radius 1 is 1.04 bits per heavy atom. The molecule has 7 nitrogen and oxygen atoms in total. The van der Waals surface area contributed by atoms with Crippen LogP contribution in [0.25, 0.3) is 11.4 Å². The molecule has 0 bridgehead atoms. The molecule has 0 radical (unpaired) electrons. The van der Waals surface area contributed by atoms with Crippen molar-refractivity contribution in [2.75, 3.05) is 20.6 Å². The number of hydrogen-bond acceptors (Lipinski definition) is 6. The summed E-state index contributed by atoms with van der Waals surface area (Å²) < 4.78 is 5.26. The Bertz CT molecular complexity index is 835. The van der Waals surface area contributed by atoms with E-state index < -0.39 is 0 Å². The monoisotopic (exact) mass is 351 g/mol. The molecule has 0 aliphatic rings. The van der Waals surface area contributed by atoms with Gasteiger partial charge >= 0.3 is 0 Å². The molecule has 26 heavy (non-hydrogen) atoms. The van der Waals surface area contributed by atoms with Gasteiger partial charge in [0.25, 0.3) is 0 Å². The third kappa shape index (κ3) is 4.73. The van der Waals surface area contributed by atoms with Crippen LogP contribution in [0.15, 0.2) is 59.3 Å². The first-order chi connectivity index (χ1) is 12.6. The van der Waals surface area contributed by atoms with E-state index >= 15 is 0 Å². The Morgan fingerprint density at radius 2 is 1.81 bits per heavy atom. The number of nitrogens with zero attached hydrogens (tertiary/aromatic N) is 5. The van der Waals surface area contributed by atoms with Crippen LogP contribution in [0.1, 0.15) is 11.6 Å². The quantitative estimate of drug-likeness (QED) is 0.650. The van der Waals surface area contributed by atoms with E-state index in [-0.39, 0.29) is 19.0 Å². The SMILES string of the molecule is CN(CC(=O)N(C)Cc1nc(-c2ccccc2)no1)Cc1ccccn1. The molecule has 3 aromatic rings. The lowest BCUT2D eigenvalue weighted by atomic mass is 10.2. The zero-order valence-corrected chi connectivity index (χ0v) is 14.9. The maximum Gasteiger partial charge on any atom is 0.246 e. The Balaban J connectivity index is 1.53. The molecular formula is C19H21N5O2. The second kappa shape index (κ2) is 8.35. The van der Waals surface area contributed by atoms with Crippen molar-refractivity contribution in [2.45, 2.75) is 13.1 Å². The molecule has 0 spiro atoms. The smallest absolute Gasteiger partial charge is 0.246 e. The molecule has 2 heterocycles. The van der Waals surface area contributed by atoms with E-state index in [1.54, 1.807) is 18.1 Å². The molecule has 0 fully saturated rings. The highest BCUT2D eigenvalue weighted by atomic mass is 16.5. The summed E-state index contributed by atoms with van der Waals surface area (Å²) in [6, 6.07) is 15.3. The van der Waals surface area contributed by atoms with Gasteiger partial charge in [-0.3, -0.25) is 14.7 Å². The van der Waals surface area contributed by atoms with E-state index in [4.69, 9.17) is 4.52 Å². The van der Waals surface area contributed by atoms with Gasteiger partial charge in [-0.1, -0.05) is 41.6 Å².